The normalized spacial score (nSPS) is 10.8. The van der Waals surface area contributed by atoms with Crippen LogP contribution in [-0.2, 0) is 0 Å². The molecular weight excluding hydrogens is 276 g/mol. The summed E-state index contributed by atoms with van der Waals surface area (Å²) in [5.41, 5.74) is 7.67. The third-order valence-electron chi connectivity index (χ3n) is 3.59. The van der Waals surface area contributed by atoms with E-state index < -0.39 is 0 Å². The molecule has 1 aromatic rings. The highest BCUT2D eigenvalue weighted by atomic mass is 35.5. The van der Waals surface area contributed by atoms with Crippen molar-refractivity contribution >= 4 is 34.5 Å². The minimum atomic E-state index is 0.364. The first-order valence-electron chi connectivity index (χ1n) is 6.88. The number of benzene rings is 1. The average molecular weight is 299 g/mol. The molecule has 0 saturated heterocycles. The molecule has 0 aromatic heterocycles. The third kappa shape index (κ3) is 4.08. The van der Waals surface area contributed by atoms with Crippen LogP contribution in [0.4, 0.5) is 5.69 Å². The van der Waals surface area contributed by atoms with Crippen LogP contribution in [0, 0.1) is 5.92 Å². The van der Waals surface area contributed by atoms with E-state index in [1.165, 1.54) is 12.8 Å². The molecule has 19 heavy (non-hydrogen) atoms. The second kappa shape index (κ2) is 7.71. The minimum Gasteiger partial charge on any atom is -0.389 e. The number of anilines is 1. The number of hydrogen-bond acceptors (Lipinski definition) is 2. The highest BCUT2D eigenvalue weighted by Crippen LogP contribution is 2.28. The van der Waals surface area contributed by atoms with Gasteiger partial charge in [-0.25, -0.2) is 0 Å². The molecule has 0 aliphatic carbocycles. The van der Waals surface area contributed by atoms with E-state index in [-0.39, 0.29) is 0 Å². The quantitative estimate of drug-likeness (QED) is 0.764. The standard InChI is InChI=1S/C15H23ClN2S/c1-4-11(5-2)10-18(6-3)13-9-7-8-12(16)14(13)15(17)19/h7-9,11H,4-6,10H2,1-3H3,(H2,17,19). The zero-order chi connectivity index (χ0) is 14.4. The number of halogens is 1. The molecule has 2 nitrogen and oxygen atoms in total. The summed E-state index contributed by atoms with van der Waals surface area (Å²) >= 11 is 11.4. The van der Waals surface area contributed by atoms with Gasteiger partial charge in [0, 0.05) is 18.8 Å². The Hall–Kier alpha value is -0.800. The van der Waals surface area contributed by atoms with Crippen LogP contribution in [0.5, 0.6) is 0 Å². The van der Waals surface area contributed by atoms with Crippen LogP contribution >= 0.6 is 23.8 Å². The van der Waals surface area contributed by atoms with Gasteiger partial charge in [-0.15, -0.1) is 0 Å². The molecule has 2 N–H and O–H groups in total. The lowest BCUT2D eigenvalue weighted by atomic mass is 10.0. The molecule has 0 spiro atoms. The second-order valence-corrected chi connectivity index (χ2v) is 5.57. The van der Waals surface area contributed by atoms with Gasteiger partial charge in [-0.3, -0.25) is 0 Å². The summed E-state index contributed by atoms with van der Waals surface area (Å²) in [5, 5.41) is 0.632. The first-order valence-corrected chi connectivity index (χ1v) is 7.66. The monoisotopic (exact) mass is 298 g/mol. The molecule has 0 radical (unpaired) electrons. The maximum Gasteiger partial charge on any atom is 0.107 e. The summed E-state index contributed by atoms with van der Waals surface area (Å²) < 4.78 is 0. The van der Waals surface area contributed by atoms with Crippen LogP contribution in [0.15, 0.2) is 18.2 Å². The number of rotatable bonds is 7. The number of hydrogen-bond donors (Lipinski definition) is 1. The summed E-state index contributed by atoms with van der Waals surface area (Å²) in [7, 11) is 0. The van der Waals surface area contributed by atoms with Gasteiger partial charge in [-0.05, 0) is 25.0 Å². The highest BCUT2D eigenvalue weighted by Gasteiger charge is 2.17. The smallest absolute Gasteiger partial charge is 0.107 e. The predicted molar refractivity (Wildman–Crippen MR) is 89.3 cm³/mol. The van der Waals surface area contributed by atoms with Crippen molar-refractivity contribution < 1.29 is 0 Å². The van der Waals surface area contributed by atoms with Crippen molar-refractivity contribution in [3.63, 3.8) is 0 Å². The SMILES string of the molecule is CCC(CC)CN(CC)c1cccc(Cl)c1C(N)=S. The van der Waals surface area contributed by atoms with Crippen molar-refractivity contribution in [2.75, 3.05) is 18.0 Å². The number of nitrogens with zero attached hydrogens (tertiary/aromatic N) is 1. The van der Waals surface area contributed by atoms with E-state index >= 15 is 0 Å². The van der Waals surface area contributed by atoms with E-state index in [9.17, 15) is 0 Å². The Morgan fingerprint density at radius 2 is 1.95 bits per heavy atom. The lowest BCUT2D eigenvalue weighted by Gasteiger charge is -2.29. The number of nitrogens with two attached hydrogens (primary N) is 1. The van der Waals surface area contributed by atoms with Crippen molar-refractivity contribution in [1.82, 2.24) is 0 Å². The van der Waals surface area contributed by atoms with Gasteiger partial charge >= 0.3 is 0 Å². The predicted octanol–water partition coefficient (Wildman–Crippen LogP) is 4.24. The molecule has 0 bridgehead atoms. The first-order chi connectivity index (χ1) is 9.04. The van der Waals surface area contributed by atoms with Crippen LogP contribution in [0.1, 0.15) is 39.2 Å². The van der Waals surface area contributed by atoms with Gasteiger partial charge in [0.2, 0.25) is 0 Å². The molecule has 0 fully saturated rings. The zero-order valence-corrected chi connectivity index (χ0v) is 13.5. The molecule has 4 heteroatoms. The van der Waals surface area contributed by atoms with Crippen molar-refractivity contribution in [2.24, 2.45) is 11.7 Å². The molecule has 106 valence electrons. The van der Waals surface area contributed by atoms with E-state index in [1.54, 1.807) is 0 Å². The average Bonchev–Trinajstić information content (AvgIpc) is 2.39. The largest absolute Gasteiger partial charge is 0.389 e. The molecule has 1 rings (SSSR count). The minimum absolute atomic E-state index is 0.364. The third-order valence-corrected chi connectivity index (χ3v) is 4.11. The molecule has 0 amide bonds. The van der Waals surface area contributed by atoms with Gasteiger partial charge in [-0.1, -0.05) is 56.6 Å². The summed E-state index contributed by atoms with van der Waals surface area (Å²) in [5.74, 6) is 0.679. The molecular formula is C15H23ClN2S. The van der Waals surface area contributed by atoms with Gasteiger partial charge in [0.1, 0.15) is 4.99 Å². The van der Waals surface area contributed by atoms with E-state index in [0.717, 1.165) is 24.3 Å². The van der Waals surface area contributed by atoms with Crippen LogP contribution < -0.4 is 10.6 Å². The first kappa shape index (κ1) is 16.3. The topological polar surface area (TPSA) is 29.3 Å². The fourth-order valence-corrected chi connectivity index (χ4v) is 2.82. The highest BCUT2D eigenvalue weighted by molar-refractivity contribution is 7.80. The molecule has 0 aliphatic rings. The Bertz CT molecular complexity index is 430. The molecule has 0 aliphatic heterocycles. The van der Waals surface area contributed by atoms with E-state index in [1.807, 2.05) is 18.2 Å². The molecule has 0 unspecified atom stereocenters. The van der Waals surface area contributed by atoms with Gasteiger partial charge in [0.05, 0.1) is 10.6 Å². The fraction of sp³-hybridized carbons (Fsp3) is 0.533. The zero-order valence-electron chi connectivity index (χ0n) is 11.9. The van der Waals surface area contributed by atoms with Gasteiger partial charge < -0.3 is 10.6 Å². The van der Waals surface area contributed by atoms with E-state index in [4.69, 9.17) is 29.6 Å². The molecule has 0 heterocycles. The fourth-order valence-electron chi connectivity index (χ4n) is 2.28. The van der Waals surface area contributed by atoms with Crippen molar-refractivity contribution in [3.05, 3.63) is 28.8 Å². The summed E-state index contributed by atoms with van der Waals surface area (Å²) in [4.78, 5) is 2.68. The second-order valence-electron chi connectivity index (χ2n) is 4.72. The Kier molecular flexibility index (Phi) is 6.59. The van der Waals surface area contributed by atoms with Gasteiger partial charge in [-0.2, -0.15) is 0 Å². The maximum absolute atomic E-state index is 6.24. The van der Waals surface area contributed by atoms with Gasteiger partial charge in [0.15, 0.2) is 0 Å². The lowest BCUT2D eigenvalue weighted by Crippen LogP contribution is -2.31. The van der Waals surface area contributed by atoms with E-state index in [2.05, 4.69) is 25.7 Å². The van der Waals surface area contributed by atoms with Crippen LogP contribution in [0.2, 0.25) is 5.02 Å². The Balaban J connectivity index is 3.11. The van der Waals surface area contributed by atoms with Crippen LogP contribution in [0.25, 0.3) is 0 Å². The summed E-state index contributed by atoms with van der Waals surface area (Å²) in [6.45, 7) is 8.54. The molecule has 0 saturated carbocycles. The van der Waals surface area contributed by atoms with Crippen molar-refractivity contribution in [2.45, 2.75) is 33.6 Å². The van der Waals surface area contributed by atoms with E-state index in [0.29, 0.717) is 15.9 Å². The maximum atomic E-state index is 6.24. The Labute approximate surface area is 126 Å². The van der Waals surface area contributed by atoms with Crippen LogP contribution in [0.3, 0.4) is 0 Å². The Morgan fingerprint density at radius 3 is 2.42 bits per heavy atom. The lowest BCUT2D eigenvalue weighted by molar-refractivity contribution is 0.486. The van der Waals surface area contributed by atoms with Gasteiger partial charge in [0.25, 0.3) is 0 Å². The Morgan fingerprint density at radius 1 is 1.32 bits per heavy atom. The summed E-state index contributed by atoms with van der Waals surface area (Å²) in [6, 6.07) is 5.84. The van der Waals surface area contributed by atoms with Crippen LogP contribution in [-0.4, -0.2) is 18.1 Å². The van der Waals surface area contributed by atoms with Crippen molar-refractivity contribution in [3.8, 4) is 0 Å². The summed E-state index contributed by atoms with van der Waals surface area (Å²) in [6.07, 6.45) is 2.35. The molecule has 1 aromatic carbocycles. The number of thiocarbonyl (C=S) groups is 1. The molecule has 0 atom stereocenters. The van der Waals surface area contributed by atoms with Crippen molar-refractivity contribution in [1.29, 1.82) is 0 Å².